The van der Waals surface area contributed by atoms with Crippen molar-refractivity contribution in [2.45, 2.75) is 11.3 Å². The summed E-state index contributed by atoms with van der Waals surface area (Å²) < 4.78 is 44.2. The minimum absolute atomic E-state index is 0.0208. The summed E-state index contributed by atoms with van der Waals surface area (Å²) in [7, 11) is -1.31. The van der Waals surface area contributed by atoms with Crippen LogP contribution in [0, 0.1) is 0 Å². The molecule has 0 saturated heterocycles. The summed E-state index contributed by atoms with van der Waals surface area (Å²) in [6, 6.07) is 17.9. The molecule has 4 aromatic rings. The molecule has 3 N–H and O–H groups in total. The van der Waals surface area contributed by atoms with Gasteiger partial charge < -0.3 is 24.6 Å². The first-order chi connectivity index (χ1) is 18.3. The normalized spacial score (nSPS) is 11.1. The van der Waals surface area contributed by atoms with Crippen LogP contribution in [0.5, 0.6) is 11.5 Å². The van der Waals surface area contributed by atoms with Crippen LogP contribution in [0.1, 0.15) is 5.56 Å². The topological polar surface area (TPSA) is 149 Å². The number of carbonyl (C=O) groups excluding carboxylic acids is 1. The number of anilines is 3. The van der Waals surface area contributed by atoms with Crippen LogP contribution in [-0.2, 0) is 26.0 Å². The van der Waals surface area contributed by atoms with E-state index in [0.717, 1.165) is 5.56 Å². The van der Waals surface area contributed by atoms with Crippen LogP contribution in [0.3, 0.4) is 0 Å². The molecule has 0 amide bonds. The SMILES string of the molecule is COC(=O)COc1ccc(S(=O)(=O)Nc2nc3ccccc3nc2Nc2cc(OC)ccc2CCO)cc1. The first kappa shape index (κ1) is 26.6. The smallest absolute Gasteiger partial charge is 0.343 e. The quantitative estimate of drug-likeness (QED) is 0.243. The molecule has 4 rings (SSSR count). The van der Waals surface area contributed by atoms with Gasteiger partial charge >= 0.3 is 5.97 Å². The van der Waals surface area contributed by atoms with Crippen LogP contribution in [0.15, 0.2) is 71.6 Å². The number of fused-ring (bicyclic) bond motifs is 1. The molecule has 3 aromatic carbocycles. The Balaban J connectivity index is 1.68. The van der Waals surface area contributed by atoms with E-state index in [4.69, 9.17) is 9.47 Å². The van der Waals surface area contributed by atoms with E-state index in [1.807, 2.05) is 0 Å². The number of rotatable bonds is 11. The highest BCUT2D eigenvalue weighted by molar-refractivity contribution is 7.92. The Hall–Kier alpha value is -4.42. The van der Waals surface area contributed by atoms with E-state index in [0.29, 0.717) is 34.6 Å². The van der Waals surface area contributed by atoms with Gasteiger partial charge in [0.1, 0.15) is 11.5 Å². The molecule has 0 spiro atoms. The fraction of sp³-hybridized carbons (Fsp3) is 0.192. The third-order valence-corrected chi connectivity index (χ3v) is 6.83. The third-order valence-electron chi connectivity index (χ3n) is 5.47. The van der Waals surface area contributed by atoms with E-state index < -0.39 is 16.0 Å². The summed E-state index contributed by atoms with van der Waals surface area (Å²) in [6.07, 6.45) is 0.360. The van der Waals surface area contributed by atoms with Gasteiger partial charge in [0.15, 0.2) is 18.2 Å². The molecule has 1 heterocycles. The first-order valence-electron chi connectivity index (χ1n) is 11.5. The number of ether oxygens (including phenoxy) is 3. The standard InChI is InChI=1S/C26H26N4O7S/c1-35-19-8-7-17(13-14-31)23(15-19)29-25-26(28-22-6-4-3-5-21(22)27-25)30-38(33,34)20-11-9-18(10-12-20)37-16-24(32)36-2/h3-12,15,31H,13-14,16H2,1-2H3,(H,27,29)(H,28,30). The molecule has 11 nitrogen and oxygen atoms in total. The fourth-order valence-corrected chi connectivity index (χ4v) is 4.53. The maximum atomic E-state index is 13.3. The molecule has 0 atom stereocenters. The van der Waals surface area contributed by atoms with E-state index in [2.05, 4.69) is 24.7 Å². The van der Waals surface area contributed by atoms with E-state index in [9.17, 15) is 18.3 Å². The number of para-hydroxylation sites is 2. The molecule has 0 fully saturated rings. The van der Waals surface area contributed by atoms with E-state index in [1.54, 1.807) is 42.5 Å². The number of hydrogen-bond donors (Lipinski definition) is 3. The Kier molecular flexibility index (Phi) is 8.24. The van der Waals surface area contributed by atoms with Gasteiger partial charge in [-0.15, -0.1) is 0 Å². The van der Waals surface area contributed by atoms with Crippen molar-refractivity contribution in [2.24, 2.45) is 0 Å². The number of aliphatic hydroxyl groups excluding tert-OH is 1. The lowest BCUT2D eigenvalue weighted by molar-refractivity contribution is -0.142. The highest BCUT2D eigenvalue weighted by atomic mass is 32.2. The number of carbonyl (C=O) groups is 1. The predicted molar refractivity (Wildman–Crippen MR) is 141 cm³/mol. The van der Waals surface area contributed by atoms with Gasteiger partial charge in [-0.25, -0.2) is 23.2 Å². The lowest BCUT2D eigenvalue weighted by Crippen LogP contribution is -2.16. The molecule has 0 saturated carbocycles. The molecule has 198 valence electrons. The summed E-state index contributed by atoms with van der Waals surface area (Å²) in [5.41, 5.74) is 2.40. The zero-order valence-corrected chi connectivity index (χ0v) is 21.5. The van der Waals surface area contributed by atoms with E-state index in [1.165, 1.54) is 38.5 Å². The Morgan fingerprint density at radius 3 is 2.21 bits per heavy atom. The van der Waals surface area contributed by atoms with E-state index in [-0.39, 0.29) is 29.7 Å². The number of nitrogens with zero attached hydrogens (tertiary/aromatic N) is 2. The maximum Gasteiger partial charge on any atom is 0.343 e. The molecule has 12 heteroatoms. The molecular formula is C26H26N4O7S. The minimum atomic E-state index is -4.09. The van der Waals surface area contributed by atoms with Gasteiger partial charge in [-0.05, 0) is 54.4 Å². The predicted octanol–water partition coefficient (Wildman–Crippen LogP) is 3.27. The largest absolute Gasteiger partial charge is 0.497 e. The molecular weight excluding hydrogens is 512 g/mol. The van der Waals surface area contributed by atoms with Crippen LogP contribution in [-0.4, -0.2) is 56.9 Å². The van der Waals surface area contributed by atoms with Gasteiger partial charge in [0.05, 0.1) is 30.1 Å². The molecule has 0 aliphatic rings. The maximum absolute atomic E-state index is 13.3. The number of nitrogens with one attached hydrogen (secondary N) is 2. The molecule has 0 unspecified atom stereocenters. The highest BCUT2D eigenvalue weighted by Crippen LogP contribution is 2.31. The van der Waals surface area contributed by atoms with Crippen LogP contribution < -0.4 is 19.5 Å². The first-order valence-corrected chi connectivity index (χ1v) is 13.0. The number of sulfonamides is 1. The zero-order valence-electron chi connectivity index (χ0n) is 20.7. The average molecular weight is 539 g/mol. The van der Waals surface area contributed by atoms with Gasteiger partial charge in [-0.3, -0.25) is 4.72 Å². The van der Waals surface area contributed by atoms with E-state index >= 15 is 0 Å². The van der Waals surface area contributed by atoms with Crippen molar-refractivity contribution in [3.05, 3.63) is 72.3 Å². The van der Waals surface area contributed by atoms with Gasteiger partial charge in [0.25, 0.3) is 10.0 Å². The van der Waals surface area contributed by atoms with Gasteiger partial charge in [-0.2, -0.15) is 0 Å². The van der Waals surface area contributed by atoms with Crippen LogP contribution in [0.25, 0.3) is 11.0 Å². The van der Waals surface area contributed by atoms with Gasteiger partial charge in [0.2, 0.25) is 0 Å². The van der Waals surface area contributed by atoms with Crippen molar-refractivity contribution < 1.29 is 32.5 Å². The van der Waals surface area contributed by atoms with Crippen molar-refractivity contribution in [3.8, 4) is 11.5 Å². The Morgan fingerprint density at radius 1 is 0.921 bits per heavy atom. The number of hydrogen-bond acceptors (Lipinski definition) is 10. The summed E-state index contributed by atoms with van der Waals surface area (Å²) in [5.74, 6) is 0.456. The third kappa shape index (κ3) is 6.28. The summed E-state index contributed by atoms with van der Waals surface area (Å²) >= 11 is 0. The molecule has 0 aliphatic heterocycles. The van der Waals surface area contributed by atoms with Crippen LogP contribution in [0.4, 0.5) is 17.3 Å². The number of esters is 1. The Morgan fingerprint density at radius 2 is 1.58 bits per heavy atom. The van der Waals surface area contributed by atoms with Crippen molar-refractivity contribution in [2.75, 3.05) is 37.5 Å². The van der Waals surface area contributed by atoms with Crippen molar-refractivity contribution >= 4 is 44.3 Å². The Labute approximate surface area is 219 Å². The molecule has 0 bridgehead atoms. The second kappa shape index (κ2) is 11.8. The van der Waals surface area contributed by atoms with Gasteiger partial charge in [0, 0.05) is 18.4 Å². The Bertz CT molecular complexity index is 1540. The van der Waals surface area contributed by atoms with Gasteiger partial charge in [-0.1, -0.05) is 18.2 Å². The number of benzene rings is 3. The van der Waals surface area contributed by atoms with Crippen LogP contribution >= 0.6 is 0 Å². The number of aromatic nitrogens is 2. The molecule has 0 radical (unpaired) electrons. The zero-order chi connectivity index (χ0) is 27.1. The summed E-state index contributed by atoms with van der Waals surface area (Å²) in [5, 5.41) is 12.6. The molecule has 38 heavy (non-hydrogen) atoms. The monoisotopic (exact) mass is 538 g/mol. The van der Waals surface area contributed by atoms with Crippen LogP contribution in [0.2, 0.25) is 0 Å². The van der Waals surface area contributed by atoms with Crippen molar-refractivity contribution in [3.63, 3.8) is 0 Å². The lowest BCUT2D eigenvalue weighted by Gasteiger charge is -2.16. The fourth-order valence-electron chi connectivity index (χ4n) is 3.53. The highest BCUT2D eigenvalue weighted by Gasteiger charge is 2.20. The lowest BCUT2D eigenvalue weighted by atomic mass is 10.1. The number of methoxy groups -OCH3 is 2. The van der Waals surface area contributed by atoms with Crippen molar-refractivity contribution in [1.82, 2.24) is 9.97 Å². The molecule has 1 aromatic heterocycles. The average Bonchev–Trinajstić information content (AvgIpc) is 2.93. The summed E-state index contributed by atoms with van der Waals surface area (Å²) in [6.45, 7) is -0.381. The molecule has 0 aliphatic carbocycles. The van der Waals surface area contributed by atoms with Crippen molar-refractivity contribution in [1.29, 1.82) is 0 Å². The number of aliphatic hydroxyl groups is 1. The minimum Gasteiger partial charge on any atom is -0.497 e. The second-order valence-electron chi connectivity index (χ2n) is 7.97. The summed E-state index contributed by atoms with van der Waals surface area (Å²) in [4.78, 5) is 20.3. The second-order valence-corrected chi connectivity index (χ2v) is 9.66.